The van der Waals surface area contributed by atoms with E-state index in [1.54, 1.807) is 0 Å². The minimum absolute atomic E-state index is 0.0180. The number of hydrogen-bond donors (Lipinski definition) is 1. The molecule has 30 heavy (non-hydrogen) atoms. The second-order valence-corrected chi connectivity index (χ2v) is 8.73. The van der Waals surface area contributed by atoms with Crippen LogP contribution in [0.25, 0.3) is 5.57 Å². The summed E-state index contributed by atoms with van der Waals surface area (Å²) in [4.78, 5) is 12.2. The van der Waals surface area contributed by atoms with Gasteiger partial charge in [-0.1, -0.05) is 64.6 Å². The Balaban J connectivity index is 1.81. The van der Waals surface area contributed by atoms with Crippen molar-refractivity contribution >= 4 is 11.5 Å². The first-order valence-electron chi connectivity index (χ1n) is 10.7. The molecule has 0 aliphatic carbocycles. The lowest BCUT2D eigenvalue weighted by Crippen LogP contribution is -2.42. The molecule has 0 fully saturated rings. The molecule has 1 atom stereocenters. The van der Waals surface area contributed by atoms with Crippen LogP contribution in [-0.2, 0) is 11.2 Å². The highest BCUT2D eigenvalue weighted by Crippen LogP contribution is 2.25. The van der Waals surface area contributed by atoms with Crippen molar-refractivity contribution in [3.8, 4) is 11.5 Å². The molecule has 0 aromatic heterocycles. The normalized spacial score (nSPS) is 12.1. The molecule has 0 aliphatic rings. The molecular weight excluding hydrogens is 370 g/mol. The topological polar surface area (TPSA) is 38.3 Å². The van der Waals surface area contributed by atoms with E-state index in [1.165, 1.54) is 5.56 Å². The Labute approximate surface area is 181 Å². The standard InChI is InChI=1S/C27H35NO2/c1-7-20(3)22-14-18-24(19-15-22)30-23-16-12-21(13-17-23)10-9-11-26(29)28-25(8-2)27(4,5)6/h8,12-19,25H,2-3,7,9-11H2,1,4-6H3,(H,28,29). The van der Waals surface area contributed by atoms with Gasteiger partial charge in [0.05, 0.1) is 6.04 Å². The van der Waals surface area contributed by atoms with Crippen molar-refractivity contribution in [3.63, 3.8) is 0 Å². The summed E-state index contributed by atoms with van der Waals surface area (Å²) in [6.07, 6.45) is 4.92. The molecule has 0 radical (unpaired) electrons. The molecule has 1 amide bonds. The molecule has 160 valence electrons. The molecular formula is C27H35NO2. The van der Waals surface area contributed by atoms with Crippen LogP contribution in [0.4, 0.5) is 0 Å². The molecule has 2 rings (SSSR count). The molecule has 0 spiro atoms. The van der Waals surface area contributed by atoms with Gasteiger partial charge in [-0.15, -0.1) is 6.58 Å². The van der Waals surface area contributed by atoms with Gasteiger partial charge >= 0.3 is 0 Å². The van der Waals surface area contributed by atoms with E-state index in [2.05, 4.69) is 58.3 Å². The fourth-order valence-electron chi connectivity index (χ4n) is 3.15. The molecule has 0 saturated carbocycles. The molecule has 0 heterocycles. The Morgan fingerprint density at radius 2 is 1.63 bits per heavy atom. The van der Waals surface area contributed by atoms with Crippen molar-refractivity contribution in [3.05, 3.63) is 78.9 Å². The van der Waals surface area contributed by atoms with Crippen LogP contribution in [0, 0.1) is 5.41 Å². The van der Waals surface area contributed by atoms with Crippen molar-refractivity contribution in [1.29, 1.82) is 0 Å². The van der Waals surface area contributed by atoms with Gasteiger partial charge < -0.3 is 10.1 Å². The smallest absolute Gasteiger partial charge is 0.220 e. The molecule has 2 aromatic rings. The maximum absolute atomic E-state index is 12.2. The van der Waals surface area contributed by atoms with Crippen LogP contribution in [0.1, 0.15) is 58.1 Å². The highest BCUT2D eigenvalue weighted by Gasteiger charge is 2.22. The fourth-order valence-corrected chi connectivity index (χ4v) is 3.15. The van der Waals surface area contributed by atoms with Crippen LogP contribution in [0.3, 0.4) is 0 Å². The van der Waals surface area contributed by atoms with E-state index in [0.717, 1.165) is 41.9 Å². The SMILES string of the molecule is C=CC(NC(=O)CCCc1ccc(Oc2ccc(C(=C)CC)cc2)cc1)C(C)(C)C. The molecule has 3 heteroatoms. The van der Waals surface area contributed by atoms with Crippen molar-refractivity contribution in [2.45, 2.75) is 59.4 Å². The average molecular weight is 406 g/mol. The molecule has 3 nitrogen and oxygen atoms in total. The first kappa shape index (κ1) is 23.5. The van der Waals surface area contributed by atoms with E-state index < -0.39 is 0 Å². The van der Waals surface area contributed by atoms with Gasteiger partial charge in [-0.05, 0) is 65.6 Å². The summed E-state index contributed by atoms with van der Waals surface area (Å²) in [5.41, 5.74) is 3.43. The second-order valence-electron chi connectivity index (χ2n) is 8.73. The maximum atomic E-state index is 12.2. The third kappa shape index (κ3) is 7.22. The van der Waals surface area contributed by atoms with Gasteiger partial charge in [0.1, 0.15) is 11.5 Å². The van der Waals surface area contributed by atoms with Gasteiger partial charge in [0.25, 0.3) is 0 Å². The molecule has 0 saturated heterocycles. The summed E-state index contributed by atoms with van der Waals surface area (Å²) < 4.78 is 5.93. The summed E-state index contributed by atoms with van der Waals surface area (Å²) in [6.45, 7) is 16.3. The fraction of sp³-hybridized carbons (Fsp3) is 0.370. The first-order valence-corrected chi connectivity index (χ1v) is 10.7. The van der Waals surface area contributed by atoms with Crippen LogP contribution >= 0.6 is 0 Å². The molecule has 1 unspecified atom stereocenters. The number of benzene rings is 2. The summed E-state index contributed by atoms with van der Waals surface area (Å²) >= 11 is 0. The van der Waals surface area contributed by atoms with E-state index in [0.29, 0.717) is 6.42 Å². The van der Waals surface area contributed by atoms with Crippen LogP contribution in [0.15, 0.2) is 67.8 Å². The highest BCUT2D eigenvalue weighted by molar-refractivity contribution is 5.76. The lowest BCUT2D eigenvalue weighted by Gasteiger charge is -2.28. The van der Waals surface area contributed by atoms with Gasteiger partial charge in [0, 0.05) is 6.42 Å². The van der Waals surface area contributed by atoms with Gasteiger partial charge in [0.2, 0.25) is 5.91 Å². The lowest BCUT2D eigenvalue weighted by molar-refractivity contribution is -0.122. The lowest BCUT2D eigenvalue weighted by atomic mass is 9.86. The van der Waals surface area contributed by atoms with Gasteiger partial charge in [0.15, 0.2) is 0 Å². The number of carbonyl (C=O) groups excluding carboxylic acids is 1. The number of amides is 1. The Morgan fingerprint density at radius 1 is 1.07 bits per heavy atom. The number of aryl methyl sites for hydroxylation is 1. The van der Waals surface area contributed by atoms with Gasteiger partial charge in [-0.3, -0.25) is 4.79 Å². The predicted octanol–water partition coefficient (Wildman–Crippen LogP) is 6.94. The predicted molar refractivity (Wildman–Crippen MR) is 127 cm³/mol. The molecule has 2 aromatic carbocycles. The quantitative estimate of drug-likeness (QED) is 0.435. The Bertz CT molecular complexity index is 842. The first-order chi connectivity index (χ1) is 14.2. The second kappa shape index (κ2) is 10.8. The van der Waals surface area contributed by atoms with Crippen molar-refractivity contribution in [2.75, 3.05) is 0 Å². The number of nitrogens with one attached hydrogen (secondary N) is 1. The summed E-state index contributed by atoms with van der Waals surface area (Å²) in [5.74, 6) is 1.68. The average Bonchev–Trinajstić information content (AvgIpc) is 2.72. The van der Waals surface area contributed by atoms with E-state index in [1.807, 2.05) is 42.5 Å². The van der Waals surface area contributed by atoms with E-state index in [-0.39, 0.29) is 17.4 Å². The van der Waals surface area contributed by atoms with Crippen LogP contribution in [0.5, 0.6) is 11.5 Å². The van der Waals surface area contributed by atoms with Crippen molar-refractivity contribution in [1.82, 2.24) is 5.32 Å². The number of ether oxygens (including phenoxy) is 1. The summed E-state index contributed by atoms with van der Waals surface area (Å²) in [5, 5.41) is 3.06. The zero-order chi connectivity index (χ0) is 22.1. The van der Waals surface area contributed by atoms with E-state index in [9.17, 15) is 4.79 Å². The minimum Gasteiger partial charge on any atom is -0.457 e. The Morgan fingerprint density at radius 3 is 2.13 bits per heavy atom. The molecule has 0 bridgehead atoms. The minimum atomic E-state index is -0.0302. The van der Waals surface area contributed by atoms with Crippen LogP contribution < -0.4 is 10.1 Å². The Kier molecular flexibility index (Phi) is 8.46. The van der Waals surface area contributed by atoms with Crippen molar-refractivity contribution < 1.29 is 9.53 Å². The van der Waals surface area contributed by atoms with Crippen molar-refractivity contribution in [2.24, 2.45) is 5.41 Å². The monoisotopic (exact) mass is 405 g/mol. The van der Waals surface area contributed by atoms with Crippen LogP contribution in [-0.4, -0.2) is 11.9 Å². The number of carbonyl (C=O) groups is 1. The van der Waals surface area contributed by atoms with Gasteiger partial charge in [-0.25, -0.2) is 0 Å². The third-order valence-corrected chi connectivity index (χ3v) is 5.20. The Hall–Kier alpha value is -2.81. The molecule has 1 N–H and O–H groups in total. The zero-order valence-corrected chi connectivity index (χ0v) is 18.8. The van der Waals surface area contributed by atoms with Gasteiger partial charge in [-0.2, -0.15) is 0 Å². The summed E-state index contributed by atoms with van der Waals surface area (Å²) in [7, 11) is 0. The maximum Gasteiger partial charge on any atom is 0.220 e. The highest BCUT2D eigenvalue weighted by atomic mass is 16.5. The van der Waals surface area contributed by atoms with E-state index in [4.69, 9.17) is 4.74 Å². The van der Waals surface area contributed by atoms with E-state index >= 15 is 0 Å². The molecule has 0 aliphatic heterocycles. The zero-order valence-electron chi connectivity index (χ0n) is 18.8. The number of hydrogen-bond acceptors (Lipinski definition) is 2. The number of allylic oxidation sites excluding steroid dienone is 1. The number of rotatable bonds is 10. The third-order valence-electron chi connectivity index (χ3n) is 5.20. The largest absolute Gasteiger partial charge is 0.457 e. The van der Waals surface area contributed by atoms with Crippen LogP contribution in [0.2, 0.25) is 0 Å². The summed E-state index contributed by atoms with van der Waals surface area (Å²) in [6, 6.07) is 16.1.